The summed E-state index contributed by atoms with van der Waals surface area (Å²) in [6.07, 6.45) is 4.80. The Balaban J connectivity index is 1.41. The van der Waals surface area contributed by atoms with E-state index in [1.807, 2.05) is 18.4 Å². The summed E-state index contributed by atoms with van der Waals surface area (Å²) in [4.78, 5) is 29.3. The second-order valence-corrected chi connectivity index (χ2v) is 9.07. The number of carbonyl (C=O) groups is 1. The van der Waals surface area contributed by atoms with E-state index in [1.54, 1.807) is 7.05 Å². The second kappa shape index (κ2) is 8.09. The van der Waals surface area contributed by atoms with Gasteiger partial charge in [-0.2, -0.15) is 0 Å². The number of nitrogens with one attached hydrogen (secondary N) is 1. The molecular weight excluding hydrogens is 390 g/mol. The molecule has 1 aliphatic carbocycles. The fourth-order valence-electron chi connectivity index (χ4n) is 3.62. The van der Waals surface area contributed by atoms with Crippen molar-refractivity contribution in [1.29, 1.82) is 0 Å². The van der Waals surface area contributed by atoms with E-state index in [0.717, 1.165) is 18.4 Å². The maximum atomic E-state index is 12.5. The molecule has 4 rings (SSSR count). The van der Waals surface area contributed by atoms with Crippen molar-refractivity contribution in [1.82, 2.24) is 14.9 Å². The van der Waals surface area contributed by atoms with Crippen LogP contribution in [-0.4, -0.2) is 21.2 Å². The van der Waals surface area contributed by atoms with Gasteiger partial charge in [-0.25, -0.2) is 4.98 Å². The van der Waals surface area contributed by atoms with Crippen molar-refractivity contribution in [2.75, 3.05) is 5.75 Å². The predicted molar refractivity (Wildman–Crippen MR) is 115 cm³/mol. The Bertz CT molecular complexity index is 1090. The van der Waals surface area contributed by atoms with Gasteiger partial charge in [-0.3, -0.25) is 14.2 Å². The molecule has 2 aromatic heterocycles. The Hall–Kier alpha value is -2.12. The van der Waals surface area contributed by atoms with Gasteiger partial charge in [0.1, 0.15) is 4.70 Å². The highest BCUT2D eigenvalue weighted by Crippen LogP contribution is 2.25. The van der Waals surface area contributed by atoms with E-state index >= 15 is 0 Å². The van der Waals surface area contributed by atoms with E-state index in [4.69, 9.17) is 0 Å². The van der Waals surface area contributed by atoms with Crippen LogP contribution in [0.4, 0.5) is 0 Å². The van der Waals surface area contributed by atoms with Crippen LogP contribution in [0.2, 0.25) is 0 Å². The van der Waals surface area contributed by atoms with Gasteiger partial charge in [0.15, 0.2) is 5.16 Å². The van der Waals surface area contributed by atoms with Gasteiger partial charge in [0.2, 0.25) is 5.91 Å². The molecular formula is C21H23N3O2S2. The quantitative estimate of drug-likeness (QED) is 0.510. The lowest BCUT2D eigenvalue weighted by Crippen LogP contribution is -2.29. The standard InChI is InChI=1S/C21H23N3O2S2/c1-13(15-8-7-14-5-3-4-6-16(14)11-15)22-18(25)12-28-21-23-17-9-10-27-19(17)20(26)24(21)2/h7-11,13H,3-6,12H2,1-2H3,(H,22,25). The van der Waals surface area contributed by atoms with Crippen molar-refractivity contribution in [3.63, 3.8) is 0 Å². The van der Waals surface area contributed by atoms with Crippen molar-refractivity contribution in [3.8, 4) is 0 Å². The van der Waals surface area contributed by atoms with Gasteiger partial charge in [0.05, 0.1) is 17.3 Å². The molecule has 7 heteroatoms. The molecule has 1 aliphatic rings. The smallest absolute Gasteiger partial charge is 0.271 e. The lowest BCUT2D eigenvalue weighted by atomic mass is 9.89. The summed E-state index contributed by atoms with van der Waals surface area (Å²) in [5, 5.41) is 5.49. The average Bonchev–Trinajstić information content (AvgIpc) is 3.18. The molecule has 0 spiro atoms. The Morgan fingerprint density at radius 1 is 1.29 bits per heavy atom. The Morgan fingerprint density at radius 3 is 2.89 bits per heavy atom. The molecule has 2 heterocycles. The van der Waals surface area contributed by atoms with Crippen LogP contribution >= 0.6 is 23.1 Å². The number of amides is 1. The molecule has 1 amide bonds. The SMILES string of the molecule is CC(NC(=O)CSc1nc2ccsc2c(=O)n1C)c1ccc2c(c1)CCCC2. The second-order valence-electron chi connectivity index (χ2n) is 7.21. The van der Waals surface area contributed by atoms with Crippen LogP contribution in [0, 0.1) is 0 Å². The molecule has 0 fully saturated rings. The third-order valence-electron chi connectivity index (χ3n) is 5.23. The molecule has 1 atom stereocenters. The van der Waals surface area contributed by atoms with Crippen LogP contribution in [0.25, 0.3) is 10.2 Å². The summed E-state index contributed by atoms with van der Waals surface area (Å²) in [6, 6.07) is 8.36. The van der Waals surface area contributed by atoms with Gasteiger partial charge in [-0.15, -0.1) is 11.3 Å². The van der Waals surface area contributed by atoms with Crippen LogP contribution in [0.5, 0.6) is 0 Å². The maximum Gasteiger partial charge on any atom is 0.271 e. The van der Waals surface area contributed by atoms with E-state index in [1.165, 1.54) is 51.6 Å². The van der Waals surface area contributed by atoms with Crippen molar-refractivity contribution < 1.29 is 4.79 Å². The van der Waals surface area contributed by atoms with Gasteiger partial charge in [-0.1, -0.05) is 30.0 Å². The van der Waals surface area contributed by atoms with E-state index in [0.29, 0.717) is 15.4 Å². The van der Waals surface area contributed by atoms with Crippen LogP contribution < -0.4 is 10.9 Å². The zero-order chi connectivity index (χ0) is 19.7. The lowest BCUT2D eigenvalue weighted by molar-refractivity contribution is -0.119. The van der Waals surface area contributed by atoms with Crippen molar-refractivity contribution in [3.05, 3.63) is 56.7 Å². The van der Waals surface area contributed by atoms with Crippen LogP contribution in [-0.2, 0) is 24.7 Å². The van der Waals surface area contributed by atoms with Crippen LogP contribution in [0.3, 0.4) is 0 Å². The van der Waals surface area contributed by atoms with Gasteiger partial charge in [-0.05, 0) is 60.7 Å². The topological polar surface area (TPSA) is 64.0 Å². The summed E-state index contributed by atoms with van der Waals surface area (Å²) in [7, 11) is 1.70. The van der Waals surface area contributed by atoms with Crippen LogP contribution in [0.15, 0.2) is 39.6 Å². The number of hydrogen-bond donors (Lipinski definition) is 1. The van der Waals surface area contributed by atoms with Gasteiger partial charge in [0.25, 0.3) is 5.56 Å². The maximum absolute atomic E-state index is 12.5. The number of thioether (sulfide) groups is 1. The summed E-state index contributed by atoms with van der Waals surface area (Å²) in [5.74, 6) is 0.167. The molecule has 0 saturated heterocycles. The molecule has 3 aromatic rings. The molecule has 1 unspecified atom stereocenters. The molecule has 146 valence electrons. The highest BCUT2D eigenvalue weighted by Gasteiger charge is 2.16. The number of carbonyl (C=O) groups excluding carboxylic acids is 1. The summed E-state index contributed by atoms with van der Waals surface area (Å²) in [5.41, 5.74) is 4.63. The fourth-order valence-corrected chi connectivity index (χ4v) is 5.20. The first kappa shape index (κ1) is 19.2. The first-order chi connectivity index (χ1) is 13.5. The Kier molecular flexibility index (Phi) is 5.55. The average molecular weight is 414 g/mol. The normalized spacial score (nSPS) is 14.6. The number of rotatable bonds is 5. The minimum atomic E-state index is -0.0645. The summed E-state index contributed by atoms with van der Waals surface area (Å²) >= 11 is 2.68. The van der Waals surface area contributed by atoms with Gasteiger partial charge >= 0.3 is 0 Å². The molecule has 1 N–H and O–H groups in total. The molecule has 0 aliphatic heterocycles. The molecule has 0 bridgehead atoms. The van der Waals surface area contributed by atoms with Crippen molar-refractivity contribution >= 4 is 39.2 Å². The van der Waals surface area contributed by atoms with E-state index in [-0.39, 0.29) is 23.3 Å². The highest BCUT2D eigenvalue weighted by molar-refractivity contribution is 7.99. The third kappa shape index (κ3) is 3.86. The summed E-state index contributed by atoms with van der Waals surface area (Å²) < 4.78 is 2.17. The zero-order valence-electron chi connectivity index (χ0n) is 16.0. The van der Waals surface area contributed by atoms with Crippen molar-refractivity contribution in [2.24, 2.45) is 7.05 Å². The van der Waals surface area contributed by atoms with Crippen molar-refractivity contribution in [2.45, 2.75) is 43.8 Å². The predicted octanol–water partition coefficient (Wildman–Crippen LogP) is 3.84. The van der Waals surface area contributed by atoms with Gasteiger partial charge < -0.3 is 5.32 Å². The molecule has 0 saturated carbocycles. The van der Waals surface area contributed by atoms with Gasteiger partial charge in [0, 0.05) is 7.05 Å². The largest absolute Gasteiger partial charge is 0.349 e. The molecule has 0 radical (unpaired) electrons. The monoisotopic (exact) mass is 413 g/mol. The minimum absolute atomic E-state index is 0.0449. The minimum Gasteiger partial charge on any atom is -0.349 e. The third-order valence-corrected chi connectivity index (χ3v) is 7.15. The Labute approximate surface area is 172 Å². The highest BCUT2D eigenvalue weighted by atomic mass is 32.2. The van der Waals surface area contributed by atoms with Crippen LogP contribution in [0.1, 0.15) is 42.5 Å². The number of hydrogen-bond acceptors (Lipinski definition) is 5. The number of fused-ring (bicyclic) bond motifs is 2. The molecule has 5 nitrogen and oxygen atoms in total. The number of nitrogens with zero attached hydrogens (tertiary/aromatic N) is 2. The zero-order valence-corrected chi connectivity index (χ0v) is 17.7. The van der Waals surface area contributed by atoms with E-state index < -0.39 is 0 Å². The first-order valence-corrected chi connectivity index (χ1v) is 11.4. The fraction of sp³-hybridized carbons (Fsp3) is 0.381. The lowest BCUT2D eigenvalue weighted by Gasteiger charge is -2.20. The molecule has 1 aromatic carbocycles. The van der Waals surface area contributed by atoms with E-state index in [9.17, 15) is 9.59 Å². The Morgan fingerprint density at radius 2 is 2.07 bits per heavy atom. The number of benzene rings is 1. The number of thiophene rings is 1. The first-order valence-electron chi connectivity index (χ1n) is 9.51. The van der Waals surface area contributed by atoms with E-state index in [2.05, 4.69) is 28.5 Å². The molecule has 28 heavy (non-hydrogen) atoms. The number of aromatic nitrogens is 2. The summed E-state index contributed by atoms with van der Waals surface area (Å²) in [6.45, 7) is 2.01. The number of aryl methyl sites for hydroxylation is 2.